The topological polar surface area (TPSA) is 377 Å². The summed E-state index contributed by atoms with van der Waals surface area (Å²) < 4.78 is 0. The highest BCUT2D eigenvalue weighted by Gasteiger charge is 2.41. The largest absolute Gasteiger partial charge is 0.480 e. The van der Waals surface area contributed by atoms with Gasteiger partial charge < -0.3 is 73.4 Å². The molecule has 4 rings (SSSR count). The van der Waals surface area contributed by atoms with E-state index in [4.69, 9.17) is 5.73 Å². The lowest BCUT2D eigenvalue weighted by molar-refractivity contribution is -0.145. The minimum absolute atomic E-state index is 0.0407. The zero-order chi connectivity index (χ0) is 54.6. The number of rotatable bonds is 28. The highest BCUT2D eigenvalue weighted by Crippen LogP contribution is 2.22. The molecule has 3 fully saturated rings. The van der Waals surface area contributed by atoms with Crippen LogP contribution in [-0.4, -0.2) is 184 Å². The number of amides is 10. The fraction of sp³-hybridized carbons (Fsp3) is 0.653. The van der Waals surface area contributed by atoms with Crippen molar-refractivity contribution in [2.75, 3.05) is 39.4 Å². The van der Waals surface area contributed by atoms with Crippen LogP contribution < -0.4 is 48.3 Å². The van der Waals surface area contributed by atoms with E-state index >= 15 is 0 Å². The summed E-state index contributed by atoms with van der Waals surface area (Å²) in [4.78, 5) is 148. The quantitative estimate of drug-likeness (QED) is 0.0386. The Kier molecular flexibility index (Phi) is 23.6. The van der Waals surface area contributed by atoms with Crippen molar-refractivity contribution in [2.45, 2.75) is 153 Å². The van der Waals surface area contributed by atoms with E-state index in [0.717, 1.165) is 6.42 Å². The summed E-state index contributed by atoms with van der Waals surface area (Å²) in [6.45, 7) is 5.80. The van der Waals surface area contributed by atoms with Gasteiger partial charge in [0.15, 0.2) is 0 Å². The first-order valence-corrected chi connectivity index (χ1v) is 25.4. The van der Waals surface area contributed by atoms with Crippen LogP contribution in [0.5, 0.6) is 0 Å². The minimum atomic E-state index is -1.75. The molecule has 3 aliphatic heterocycles. The fourth-order valence-corrected chi connectivity index (χ4v) is 9.12. The maximum absolute atomic E-state index is 14.2. The Hall–Kier alpha value is -6.73. The molecule has 0 aliphatic carbocycles. The minimum Gasteiger partial charge on any atom is -0.480 e. The summed E-state index contributed by atoms with van der Waals surface area (Å²) in [6, 6.07) is -2.79. The Labute approximate surface area is 430 Å². The molecule has 410 valence electrons. The molecule has 13 N–H and O–H groups in total. The third-order valence-electron chi connectivity index (χ3n) is 13.5. The number of carboxylic acids is 1. The van der Waals surface area contributed by atoms with Crippen molar-refractivity contribution in [3.63, 3.8) is 0 Å². The Bertz CT molecular complexity index is 2160. The predicted molar refractivity (Wildman–Crippen MR) is 264 cm³/mol. The number of nitrogens with one attached hydrogen (secondary N) is 8. The van der Waals surface area contributed by atoms with Crippen LogP contribution in [0.25, 0.3) is 0 Å². The molecule has 0 bridgehead atoms. The van der Waals surface area contributed by atoms with Gasteiger partial charge in [-0.1, -0.05) is 64.4 Å². The van der Waals surface area contributed by atoms with Gasteiger partial charge in [-0.25, -0.2) is 4.79 Å². The number of hydrogen-bond acceptors (Lipinski definition) is 14. The number of benzene rings is 1. The average molecular weight is 1040 g/mol. The van der Waals surface area contributed by atoms with Crippen molar-refractivity contribution in [1.29, 1.82) is 0 Å². The van der Waals surface area contributed by atoms with Crippen molar-refractivity contribution in [3.8, 4) is 0 Å². The maximum atomic E-state index is 14.2. The zero-order valence-corrected chi connectivity index (χ0v) is 42.6. The average Bonchev–Trinajstić information content (AvgIpc) is 4.20. The second kappa shape index (κ2) is 29.2. The summed E-state index contributed by atoms with van der Waals surface area (Å²) in [6.07, 6.45) is 2.56. The number of carboxylic acid groups (broad SMARTS) is 1. The monoisotopic (exact) mass is 1040 g/mol. The maximum Gasteiger partial charge on any atom is 0.326 e. The van der Waals surface area contributed by atoms with Crippen LogP contribution in [0, 0.1) is 11.8 Å². The number of carbonyl (C=O) groups is 11. The van der Waals surface area contributed by atoms with Gasteiger partial charge in [-0.15, -0.1) is 0 Å². The molecule has 10 atom stereocenters. The SMILES string of the molecule is CC[C@H](C)[C@H](NC(=O)[C@@H]1CCCN1C(=O)CNC(=O)[C@@H]1CCCN1)C(=O)N[C@@H](CC(C)C)C(=O)N[C@@H](CO)C(=O)N[C@@H](CO)C(=O)N[C@@H](Cc1ccccc1)C(=O)N1CCC[C@H]1C(=O)N[C@@H](CCC(N)=O)C(=O)O. The number of hydrogen-bond donors (Lipinski definition) is 12. The van der Waals surface area contributed by atoms with Crippen LogP contribution in [0.15, 0.2) is 30.3 Å². The van der Waals surface area contributed by atoms with Crippen LogP contribution in [0.2, 0.25) is 0 Å². The lowest BCUT2D eigenvalue weighted by Gasteiger charge is -2.31. The van der Waals surface area contributed by atoms with Gasteiger partial charge in [0.2, 0.25) is 59.1 Å². The van der Waals surface area contributed by atoms with Gasteiger partial charge in [-0.3, -0.25) is 47.9 Å². The Morgan fingerprint density at radius 3 is 1.77 bits per heavy atom. The molecular weight excluding hydrogens is 967 g/mol. The fourth-order valence-electron chi connectivity index (χ4n) is 9.12. The van der Waals surface area contributed by atoms with Gasteiger partial charge in [0.25, 0.3) is 0 Å². The Balaban J connectivity index is 1.43. The van der Waals surface area contributed by atoms with E-state index in [0.29, 0.717) is 44.2 Å². The molecule has 74 heavy (non-hydrogen) atoms. The first-order chi connectivity index (χ1) is 35.2. The number of aliphatic carboxylic acids is 1. The van der Waals surface area contributed by atoms with E-state index in [1.54, 1.807) is 58.0 Å². The molecule has 0 aromatic heterocycles. The third kappa shape index (κ3) is 17.5. The number of aliphatic hydroxyl groups is 2. The Morgan fingerprint density at radius 1 is 0.676 bits per heavy atom. The zero-order valence-electron chi connectivity index (χ0n) is 42.6. The lowest BCUT2D eigenvalue weighted by Crippen LogP contribution is -2.62. The van der Waals surface area contributed by atoms with Crippen LogP contribution in [0.4, 0.5) is 0 Å². The number of carbonyl (C=O) groups excluding carboxylic acids is 10. The van der Waals surface area contributed by atoms with E-state index < -0.39 is 127 Å². The van der Waals surface area contributed by atoms with E-state index in [1.807, 2.05) is 0 Å². The van der Waals surface area contributed by atoms with Crippen molar-refractivity contribution in [2.24, 2.45) is 17.6 Å². The molecule has 0 radical (unpaired) electrons. The van der Waals surface area contributed by atoms with Crippen LogP contribution in [0.1, 0.15) is 97.5 Å². The van der Waals surface area contributed by atoms with Gasteiger partial charge in [-0.2, -0.15) is 0 Å². The summed E-state index contributed by atoms with van der Waals surface area (Å²) in [5.41, 5.74) is 5.75. The standard InChI is InChI=1S/C49H75N11O14/c1-5-28(4)40(58-46(70)36-15-10-20-59(36)39(64)24-52-41(65)30-14-9-19-51-30)47(71)54-32(22-27(2)3)42(66)56-35(26-62)44(68)57-34(25-61)43(67)55-33(23-29-12-7-6-8-13-29)48(72)60-21-11-16-37(60)45(69)53-31(49(73)74)17-18-38(50)63/h6-8,12-13,27-28,30-37,40,51,61-62H,5,9-11,14-26H2,1-4H3,(H2,50,63)(H,52,65)(H,53,69)(H,54,71)(H,55,67)(H,56,66)(H,57,68)(H,58,70)(H,73,74)/t28-,30-,31-,32-,33-,34-,35-,36-,37-,40-/m0/s1. The first-order valence-electron chi connectivity index (χ1n) is 25.4. The van der Waals surface area contributed by atoms with Crippen LogP contribution >= 0.6 is 0 Å². The number of nitrogens with zero attached hydrogens (tertiary/aromatic N) is 2. The highest BCUT2D eigenvalue weighted by atomic mass is 16.4. The molecule has 1 aromatic rings. The van der Waals surface area contributed by atoms with Crippen molar-refractivity contribution >= 4 is 65.0 Å². The van der Waals surface area contributed by atoms with Crippen molar-refractivity contribution in [1.82, 2.24) is 52.3 Å². The molecule has 0 spiro atoms. The van der Waals surface area contributed by atoms with Gasteiger partial charge in [-0.05, 0) is 75.3 Å². The summed E-state index contributed by atoms with van der Waals surface area (Å²) in [5.74, 6) is -9.53. The molecule has 10 amide bonds. The molecule has 25 nitrogen and oxygen atoms in total. The van der Waals surface area contributed by atoms with Gasteiger partial charge in [0.05, 0.1) is 25.8 Å². The Morgan fingerprint density at radius 2 is 1.23 bits per heavy atom. The first kappa shape index (κ1) is 59.8. The van der Waals surface area contributed by atoms with E-state index in [1.165, 1.54) is 9.80 Å². The van der Waals surface area contributed by atoms with Crippen molar-refractivity contribution in [3.05, 3.63) is 35.9 Å². The van der Waals surface area contributed by atoms with Crippen LogP contribution in [0.3, 0.4) is 0 Å². The molecule has 1 aromatic carbocycles. The normalized spacial score (nSPS) is 20.2. The second-order valence-corrected chi connectivity index (χ2v) is 19.5. The molecule has 0 saturated carbocycles. The third-order valence-corrected chi connectivity index (χ3v) is 13.5. The second-order valence-electron chi connectivity index (χ2n) is 19.5. The number of primary amides is 1. The molecule has 0 unspecified atom stereocenters. The van der Waals surface area contributed by atoms with Crippen molar-refractivity contribution < 1.29 is 68.1 Å². The van der Waals surface area contributed by atoms with Gasteiger partial charge >= 0.3 is 5.97 Å². The van der Waals surface area contributed by atoms with Gasteiger partial charge in [0.1, 0.15) is 48.3 Å². The molecular formula is C49H75N11O14. The lowest BCUT2D eigenvalue weighted by atomic mass is 9.96. The molecule has 3 saturated heterocycles. The number of likely N-dealkylation sites (tertiary alicyclic amines) is 2. The predicted octanol–water partition coefficient (Wildman–Crippen LogP) is -3.59. The highest BCUT2D eigenvalue weighted by molar-refractivity contribution is 5.98. The van der Waals surface area contributed by atoms with E-state index in [9.17, 15) is 68.1 Å². The number of aliphatic hydroxyl groups excluding tert-OH is 2. The smallest absolute Gasteiger partial charge is 0.326 e. The van der Waals surface area contributed by atoms with E-state index in [-0.39, 0.29) is 69.6 Å². The molecule has 3 heterocycles. The molecule has 25 heteroatoms. The van der Waals surface area contributed by atoms with Crippen LogP contribution in [-0.2, 0) is 59.2 Å². The summed E-state index contributed by atoms with van der Waals surface area (Å²) >= 11 is 0. The molecule has 3 aliphatic rings. The summed E-state index contributed by atoms with van der Waals surface area (Å²) in [5, 5.41) is 51.1. The number of nitrogens with two attached hydrogens (primary N) is 1. The van der Waals surface area contributed by atoms with E-state index in [2.05, 4.69) is 42.5 Å². The van der Waals surface area contributed by atoms with Gasteiger partial charge in [0, 0.05) is 25.9 Å². The summed E-state index contributed by atoms with van der Waals surface area (Å²) in [7, 11) is 0.